The van der Waals surface area contributed by atoms with Crippen LogP contribution in [0, 0.1) is 0 Å². The lowest BCUT2D eigenvalue weighted by Gasteiger charge is -2.37. The Kier molecular flexibility index (Phi) is 4.48. The summed E-state index contributed by atoms with van der Waals surface area (Å²) in [5, 5.41) is 9.78. The van der Waals surface area contributed by atoms with E-state index in [4.69, 9.17) is 4.74 Å². The molecule has 1 aromatic rings. The van der Waals surface area contributed by atoms with Crippen LogP contribution in [0.4, 0.5) is 0 Å². The van der Waals surface area contributed by atoms with Crippen LogP contribution >= 0.6 is 0 Å². The van der Waals surface area contributed by atoms with Crippen molar-refractivity contribution in [3.63, 3.8) is 0 Å². The lowest BCUT2D eigenvalue weighted by atomic mass is 10.1. The van der Waals surface area contributed by atoms with Crippen molar-refractivity contribution >= 4 is 10.0 Å². The highest BCUT2D eigenvalue weighted by atomic mass is 32.2. The summed E-state index contributed by atoms with van der Waals surface area (Å²) < 4.78 is 32.4. The Morgan fingerprint density at radius 2 is 2.30 bits per heavy atom. The molecule has 0 bridgehead atoms. The lowest BCUT2D eigenvalue weighted by molar-refractivity contribution is -0.0640. The van der Waals surface area contributed by atoms with Crippen LogP contribution < -0.4 is 5.32 Å². The fourth-order valence-electron chi connectivity index (χ4n) is 2.22. The number of ether oxygens (including phenoxy) is 1. The van der Waals surface area contributed by atoms with Crippen molar-refractivity contribution in [2.24, 2.45) is 0 Å². The van der Waals surface area contributed by atoms with E-state index in [1.54, 1.807) is 6.20 Å². The Hall–Kier alpha value is -0.960. The molecule has 1 saturated heterocycles. The van der Waals surface area contributed by atoms with E-state index in [-0.39, 0.29) is 5.03 Å². The van der Waals surface area contributed by atoms with Crippen LogP contribution in [0.5, 0.6) is 0 Å². The van der Waals surface area contributed by atoms with Crippen LogP contribution in [-0.2, 0) is 21.3 Å². The summed E-state index contributed by atoms with van der Waals surface area (Å²) >= 11 is 0. The monoisotopic (exact) mass is 302 g/mol. The van der Waals surface area contributed by atoms with Gasteiger partial charge in [-0.25, -0.2) is 8.42 Å². The van der Waals surface area contributed by atoms with Crippen molar-refractivity contribution in [3.05, 3.63) is 11.8 Å². The maximum Gasteiger partial charge on any atom is 0.260 e. The first-order chi connectivity index (χ1) is 9.37. The second-order valence-electron chi connectivity index (χ2n) is 5.45. The van der Waals surface area contributed by atoms with E-state index in [1.807, 2.05) is 20.8 Å². The average Bonchev–Trinajstić information content (AvgIpc) is 2.84. The van der Waals surface area contributed by atoms with E-state index in [9.17, 15) is 8.42 Å². The van der Waals surface area contributed by atoms with E-state index in [0.717, 1.165) is 6.54 Å². The topological polar surface area (TPSA) is 87.3 Å². The number of hydrogen-bond donors (Lipinski definition) is 2. The first-order valence-corrected chi connectivity index (χ1v) is 8.18. The highest BCUT2D eigenvalue weighted by molar-refractivity contribution is 7.89. The van der Waals surface area contributed by atoms with Gasteiger partial charge >= 0.3 is 0 Å². The molecule has 0 aliphatic carbocycles. The SMILES string of the molecule is CCNCc1cn[nH]c1S(=O)(=O)N1CCOC(C)(C)C1. The first kappa shape index (κ1) is 15.4. The number of nitrogens with zero attached hydrogens (tertiary/aromatic N) is 2. The molecule has 1 fully saturated rings. The van der Waals surface area contributed by atoms with Crippen LogP contribution in [0.15, 0.2) is 11.2 Å². The predicted molar refractivity (Wildman–Crippen MR) is 74.8 cm³/mol. The molecule has 0 aromatic carbocycles. The summed E-state index contributed by atoms with van der Waals surface area (Å²) in [6.07, 6.45) is 1.56. The molecule has 1 aliphatic heterocycles. The molecule has 0 amide bonds. The normalized spacial score (nSPS) is 20.1. The van der Waals surface area contributed by atoms with E-state index in [1.165, 1.54) is 4.31 Å². The number of aromatic amines is 1. The number of aromatic nitrogens is 2. The largest absolute Gasteiger partial charge is 0.373 e. The molecule has 0 radical (unpaired) electrons. The average molecular weight is 302 g/mol. The van der Waals surface area contributed by atoms with Crippen molar-refractivity contribution < 1.29 is 13.2 Å². The molecule has 8 heteroatoms. The molecule has 0 unspecified atom stereocenters. The van der Waals surface area contributed by atoms with Gasteiger partial charge in [0.2, 0.25) is 0 Å². The van der Waals surface area contributed by atoms with Gasteiger partial charge in [0.15, 0.2) is 5.03 Å². The van der Waals surface area contributed by atoms with E-state index >= 15 is 0 Å². The zero-order valence-electron chi connectivity index (χ0n) is 12.1. The maximum absolute atomic E-state index is 12.7. The second-order valence-corrected chi connectivity index (χ2v) is 7.33. The van der Waals surface area contributed by atoms with E-state index in [0.29, 0.717) is 31.8 Å². The molecule has 2 heterocycles. The summed E-state index contributed by atoms with van der Waals surface area (Å²) in [7, 11) is -3.56. The molecule has 2 rings (SSSR count). The van der Waals surface area contributed by atoms with Crippen molar-refractivity contribution in [1.82, 2.24) is 19.8 Å². The number of rotatable bonds is 5. The number of nitrogens with one attached hydrogen (secondary N) is 2. The number of sulfonamides is 1. The third kappa shape index (κ3) is 3.20. The van der Waals surface area contributed by atoms with Crippen molar-refractivity contribution in [1.29, 1.82) is 0 Å². The number of hydrogen-bond acceptors (Lipinski definition) is 5. The molecule has 0 saturated carbocycles. The van der Waals surface area contributed by atoms with Crippen LogP contribution in [0.2, 0.25) is 0 Å². The smallest absolute Gasteiger partial charge is 0.260 e. The van der Waals surface area contributed by atoms with E-state index in [2.05, 4.69) is 15.5 Å². The molecule has 1 aromatic heterocycles. The minimum atomic E-state index is -3.56. The summed E-state index contributed by atoms with van der Waals surface area (Å²) in [5.41, 5.74) is 0.198. The van der Waals surface area contributed by atoms with Gasteiger partial charge in [-0.05, 0) is 20.4 Å². The Balaban J connectivity index is 2.24. The Bertz CT molecular complexity index is 553. The van der Waals surface area contributed by atoms with Crippen LogP contribution in [0.25, 0.3) is 0 Å². The minimum absolute atomic E-state index is 0.177. The van der Waals surface area contributed by atoms with Crippen molar-refractivity contribution in [3.8, 4) is 0 Å². The molecule has 7 nitrogen and oxygen atoms in total. The predicted octanol–water partition coefficient (Wildman–Crippen LogP) is 0.319. The van der Waals surface area contributed by atoms with Gasteiger partial charge in [0.1, 0.15) is 0 Å². The summed E-state index contributed by atoms with van der Waals surface area (Å²) in [6.45, 7) is 8.12. The van der Waals surface area contributed by atoms with Gasteiger partial charge in [-0.1, -0.05) is 6.92 Å². The Morgan fingerprint density at radius 1 is 1.55 bits per heavy atom. The van der Waals surface area contributed by atoms with Crippen LogP contribution in [-0.4, -0.2) is 54.8 Å². The molecular formula is C12H22N4O3S. The van der Waals surface area contributed by atoms with Gasteiger partial charge in [0.05, 0.1) is 18.4 Å². The molecule has 0 spiro atoms. The first-order valence-electron chi connectivity index (χ1n) is 6.74. The molecule has 114 valence electrons. The van der Waals surface area contributed by atoms with Gasteiger partial charge in [0, 0.05) is 25.2 Å². The third-order valence-corrected chi connectivity index (χ3v) is 5.09. The fourth-order valence-corrected chi connectivity index (χ4v) is 3.89. The minimum Gasteiger partial charge on any atom is -0.373 e. The lowest BCUT2D eigenvalue weighted by Crippen LogP contribution is -2.50. The maximum atomic E-state index is 12.7. The Labute approximate surface area is 119 Å². The highest BCUT2D eigenvalue weighted by Crippen LogP contribution is 2.24. The number of H-pyrrole nitrogens is 1. The summed E-state index contributed by atoms with van der Waals surface area (Å²) in [5.74, 6) is 0. The van der Waals surface area contributed by atoms with Crippen molar-refractivity contribution in [2.45, 2.75) is 37.9 Å². The van der Waals surface area contributed by atoms with Gasteiger partial charge in [-0.15, -0.1) is 0 Å². The fraction of sp³-hybridized carbons (Fsp3) is 0.750. The quantitative estimate of drug-likeness (QED) is 0.818. The highest BCUT2D eigenvalue weighted by Gasteiger charge is 2.36. The van der Waals surface area contributed by atoms with Gasteiger partial charge in [-0.2, -0.15) is 9.40 Å². The van der Waals surface area contributed by atoms with Gasteiger partial charge in [-0.3, -0.25) is 5.10 Å². The van der Waals surface area contributed by atoms with E-state index < -0.39 is 15.6 Å². The summed E-state index contributed by atoms with van der Waals surface area (Å²) in [6, 6.07) is 0. The van der Waals surface area contributed by atoms with Crippen molar-refractivity contribution in [2.75, 3.05) is 26.2 Å². The van der Waals surface area contributed by atoms with Crippen LogP contribution in [0.1, 0.15) is 26.3 Å². The van der Waals surface area contributed by atoms with Crippen LogP contribution in [0.3, 0.4) is 0 Å². The molecular weight excluding hydrogens is 280 g/mol. The second kappa shape index (κ2) is 5.80. The molecule has 20 heavy (non-hydrogen) atoms. The third-order valence-electron chi connectivity index (χ3n) is 3.23. The van der Waals surface area contributed by atoms with Gasteiger partial charge in [0.25, 0.3) is 10.0 Å². The number of morpholine rings is 1. The summed E-state index contributed by atoms with van der Waals surface area (Å²) in [4.78, 5) is 0. The molecule has 0 atom stereocenters. The Morgan fingerprint density at radius 3 is 2.95 bits per heavy atom. The molecule has 2 N–H and O–H groups in total. The van der Waals surface area contributed by atoms with Gasteiger partial charge < -0.3 is 10.1 Å². The molecule has 1 aliphatic rings. The standard InChI is InChI=1S/C12H22N4O3S/c1-4-13-7-10-8-14-15-11(10)20(17,18)16-5-6-19-12(2,3)9-16/h8,13H,4-7,9H2,1-3H3,(H,14,15). The zero-order chi connectivity index (χ0) is 14.8. The zero-order valence-corrected chi connectivity index (χ0v) is 13.0.